The third kappa shape index (κ3) is 3.60. The van der Waals surface area contributed by atoms with Crippen molar-refractivity contribution >= 4 is 16.9 Å². The summed E-state index contributed by atoms with van der Waals surface area (Å²) in [6.07, 6.45) is 1.78. The van der Waals surface area contributed by atoms with Gasteiger partial charge in [-0.05, 0) is 24.3 Å². The van der Waals surface area contributed by atoms with Crippen molar-refractivity contribution in [2.24, 2.45) is 0 Å². The average molecular weight is 314 g/mol. The number of aromatic nitrogens is 1. The van der Waals surface area contributed by atoms with Gasteiger partial charge in [-0.2, -0.15) is 0 Å². The highest BCUT2D eigenvalue weighted by Crippen LogP contribution is 2.19. The Balaban J connectivity index is 1.74. The molecule has 3 rings (SSSR count). The molecule has 0 radical (unpaired) electrons. The monoisotopic (exact) mass is 314 g/mol. The number of methoxy groups -OCH3 is 1. The van der Waals surface area contributed by atoms with E-state index < -0.39 is 0 Å². The van der Waals surface area contributed by atoms with Gasteiger partial charge in [0.25, 0.3) is 0 Å². The molecule has 0 unspecified atom stereocenters. The molecule has 1 amide bonds. The van der Waals surface area contributed by atoms with Crippen molar-refractivity contribution in [1.29, 1.82) is 0 Å². The second-order valence-corrected chi connectivity index (χ2v) is 5.19. The van der Waals surface area contributed by atoms with Crippen molar-refractivity contribution in [3.05, 3.63) is 54.1 Å². The summed E-state index contributed by atoms with van der Waals surface area (Å²) in [5.74, 6) is 0.692. The maximum Gasteiger partial charge on any atom is 0.229 e. The third-order valence-electron chi connectivity index (χ3n) is 3.62. The minimum atomic E-state index is -0.0440. The molecule has 0 atom stereocenters. The third-order valence-corrected chi connectivity index (χ3v) is 3.62. The number of ether oxygens (including phenoxy) is 1. The van der Waals surface area contributed by atoms with E-state index in [1.165, 1.54) is 0 Å². The van der Waals surface area contributed by atoms with E-state index in [2.05, 4.69) is 5.16 Å². The minimum absolute atomic E-state index is 0.0440. The van der Waals surface area contributed by atoms with Crippen LogP contribution in [0.1, 0.15) is 11.5 Å². The maximum absolute atomic E-state index is 12.6. The Labute approximate surface area is 133 Å². The van der Waals surface area contributed by atoms with E-state index in [4.69, 9.17) is 13.7 Å². The zero-order chi connectivity index (χ0) is 16.1. The number of furan rings is 1. The molecule has 2 aromatic heterocycles. The molecule has 0 aliphatic carbocycles. The number of carbonyl (C=O) groups excluding carboxylic acids is 1. The summed E-state index contributed by atoms with van der Waals surface area (Å²) in [5, 5.41) is 4.88. The Kier molecular flexibility index (Phi) is 4.73. The summed E-state index contributed by atoms with van der Waals surface area (Å²) in [6.45, 7) is 1.36. The summed E-state index contributed by atoms with van der Waals surface area (Å²) in [5.41, 5.74) is 1.33. The molecule has 6 nitrogen and oxygen atoms in total. The van der Waals surface area contributed by atoms with Gasteiger partial charge in [0.05, 0.1) is 25.8 Å². The lowest BCUT2D eigenvalue weighted by Gasteiger charge is -2.20. The van der Waals surface area contributed by atoms with Crippen LogP contribution in [0, 0.1) is 0 Å². The van der Waals surface area contributed by atoms with Crippen molar-refractivity contribution in [3.8, 4) is 0 Å². The molecule has 0 saturated carbocycles. The normalized spacial score (nSPS) is 11.0. The van der Waals surface area contributed by atoms with E-state index in [-0.39, 0.29) is 12.3 Å². The number of nitrogens with zero attached hydrogens (tertiary/aromatic N) is 2. The number of hydrogen-bond donors (Lipinski definition) is 0. The van der Waals surface area contributed by atoms with Crippen LogP contribution in [0.25, 0.3) is 11.0 Å². The van der Waals surface area contributed by atoms with E-state index in [0.717, 1.165) is 11.1 Å². The van der Waals surface area contributed by atoms with Crippen molar-refractivity contribution in [3.63, 3.8) is 0 Å². The van der Waals surface area contributed by atoms with E-state index in [1.54, 1.807) is 24.3 Å². The van der Waals surface area contributed by atoms with Gasteiger partial charge in [0.2, 0.25) is 5.91 Å². The van der Waals surface area contributed by atoms with E-state index >= 15 is 0 Å². The summed E-state index contributed by atoms with van der Waals surface area (Å²) in [7, 11) is 1.61. The second-order valence-electron chi connectivity index (χ2n) is 5.19. The number of para-hydroxylation sites is 1. The molecule has 0 fully saturated rings. The van der Waals surface area contributed by atoms with Gasteiger partial charge >= 0.3 is 0 Å². The number of fused-ring (bicyclic) bond motifs is 1. The van der Waals surface area contributed by atoms with Gasteiger partial charge in [-0.25, -0.2) is 0 Å². The van der Waals surface area contributed by atoms with Crippen molar-refractivity contribution < 1.29 is 18.5 Å². The highest BCUT2D eigenvalue weighted by atomic mass is 16.5. The molecule has 0 spiro atoms. The van der Waals surface area contributed by atoms with E-state index in [0.29, 0.717) is 31.0 Å². The van der Waals surface area contributed by atoms with Crippen molar-refractivity contribution in [2.75, 3.05) is 20.3 Å². The van der Waals surface area contributed by atoms with E-state index in [9.17, 15) is 4.79 Å². The Hall–Kier alpha value is -2.60. The van der Waals surface area contributed by atoms with Gasteiger partial charge in [-0.1, -0.05) is 17.3 Å². The largest absolute Gasteiger partial charge is 0.467 e. The number of benzene rings is 1. The molecule has 120 valence electrons. The zero-order valence-electron chi connectivity index (χ0n) is 12.9. The topological polar surface area (TPSA) is 68.7 Å². The van der Waals surface area contributed by atoms with Crippen LogP contribution in [0.5, 0.6) is 0 Å². The molecule has 0 saturated heterocycles. The lowest BCUT2D eigenvalue weighted by atomic mass is 10.1. The molecule has 0 aliphatic rings. The van der Waals surface area contributed by atoms with Crippen LogP contribution in [0.3, 0.4) is 0 Å². The Morgan fingerprint density at radius 3 is 2.91 bits per heavy atom. The average Bonchev–Trinajstić information content (AvgIpc) is 3.21. The molecular weight excluding hydrogens is 296 g/mol. The Bertz CT molecular complexity index is 764. The van der Waals surface area contributed by atoms with Crippen molar-refractivity contribution in [1.82, 2.24) is 10.1 Å². The SMILES string of the molecule is COCCN(Cc1ccco1)C(=O)Cc1noc2ccccc12. The van der Waals surface area contributed by atoms with Gasteiger partial charge in [0, 0.05) is 19.0 Å². The second kappa shape index (κ2) is 7.11. The molecule has 2 heterocycles. The standard InChI is InChI=1S/C17H18N2O4/c1-21-10-8-19(12-13-5-4-9-22-13)17(20)11-15-14-6-2-3-7-16(14)23-18-15/h2-7,9H,8,10-12H2,1H3. The number of rotatable bonds is 7. The van der Waals surface area contributed by atoms with Gasteiger partial charge < -0.3 is 18.6 Å². The smallest absolute Gasteiger partial charge is 0.229 e. The first kappa shape index (κ1) is 15.3. The van der Waals surface area contributed by atoms with Crippen LogP contribution < -0.4 is 0 Å². The minimum Gasteiger partial charge on any atom is -0.467 e. The molecule has 23 heavy (non-hydrogen) atoms. The summed E-state index contributed by atoms with van der Waals surface area (Å²) < 4.78 is 15.7. The summed E-state index contributed by atoms with van der Waals surface area (Å²) in [4.78, 5) is 14.3. The van der Waals surface area contributed by atoms with Crippen molar-refractivity contribution in [2.45, 2.75) is 13.0 Å². The number of carbonyl (C=O) groups is 1. The molecule has 0 N–H and O–H groups in total. The fraction of sp³-hybridized carbons (Fsp3) is 0.294. The quantitative estimate of drug-likeness (QED) is 0.670. The summed E-state index contributed by atoms with van der Waals surface area (Å²) in [6, 6.07) is 11.2. The van der Waals surface area contributed by atoms with Crippen LogP contribution in [0.15, 0.2) is 51.6 Å². The summed E-state index contributed by atoms with van der Waals surface area (Å²) >= 11 is 0. The lowest BCUT2D eigenvalue weighted by molar-refractivity contribution is -0.132. The van der Waals surface area contributed by atoms with Gasteiger partial charge in [0.15, 0.2) is 5.58 Å². The first-order valence-electron chi connectivity index (χ1n) is 7.40. The van der Waals surface area contributed by atoms with Crippen LogP contribution in [-0.2, 0) is 22.5 Å². The first-order valence-corrected chi connectivity index (χ1v) is 7.40. The zero-order valence-corrected chi connectivity index (χ0v) is 12.9. The van der Waals surface area contributed by atoms with Gasteiger partial charge in [0.1, 0.15) is 11.5 Å². The predicted molar refractivity (Wildman–Crippen MR) is 83.7 cm³/mol. The fourth-order valence-electron chi connectivity index (χ4n) is 2.40. The van der Waals surface area contributed by atoms with Crippen LogP contribution in [0.4, 0.5) is 0 Å². The molecule has 6 heteroatoms. The fourth-order valence-corrected chi connectivity index (χ4v) is 2.40. The Morgan fingerprint density at radius 1 is 1.26 bits per heavy atom. The highest BCUT2D eigenvalue weighted by molar-refractivity contribution is 5.86. The van der Waals surface area contributed by atoms with E-state index in [1.807, 2.05) is 30.3 Å². The molecule has 0 aliphatic heterocycles. The molecule has 3 aromatic rings. The maximum atomic E-state index is 12.6. The Morgan fingerprint density at radius 2 is 2.13 bits per heavy atom. The number of amides is 1. The highest BCUT2D eigenvalue weighted by Gasteiger charge is 2.19. The van der Waals surface area contributed by atoms with Gasteiger partial charge in [-0.3, -0.25) is 4.79 Å². The van der Waals surface area contributed by atoms with Gasteiger partial charge in [-0.15, -0.1) is 0 Å². The van der Waals surface area contributed by atoms with Crippen LogP contribution in [-0.4, -0.2) is 36.2 Å². The molecule has 0 bridgehead atoms. The predicted octanol–water partition coefficient (Wildman–Crippen LogP) is 2.64. The first-order chi connectivity index (χ1) is 11.3. The lowest BCUT2D eigenvalue weighted by Crippen LogP contribution is -2.34. The van der Waals surface area contributed by atoms with Crippen LogP contribution >= 0.6 is 0 Å². The number of hydrogen-bond acceptors (Lipinski definition) is 5. The van der Waals surface area contributed by atoms with Crippen LogP contribution in [0.2, 0.25) is 0 Å². The molecule has 1 aromatic carbocycles. The molecular formula is C17H18N2O4.